The largest absolute Gasteiger partial charge is 0.350 e. The van der Waals surface area contributed by atoms with Crippen LogP contribution in [0.3, 0.4) is 0 Å². The molecule has 1 aromatic rings. The number of sulfonamides is 1. The summed E-state index contributed by atoms with van der Waals surface area (Å²) in [7, 11) is -3.61. The Morgan fingerprint density at radius 3 is 2.89 bits per heavy atom. The quantitative estimate of drug-likeness (QED) is 0.684. The summed E-state index contributed by atoms with van der Waals surface area (Å²) in [5, 5.41) is 6.48. The molecule has 0 aromatic heterocycles. The van der Waals surface area contributed by atoms with Crippen LogP contribution in [-0.2, 0) is 14.8 Å². The van der Waals surface area contributed by atoms with Crippen molar-refractivity contribution in [2.45, 2.75) is 69.0 Å². The number of carbonyl (C=O) groups excluding carboxylic acids is 1. The minimum atomic E-state index is -3.61. The zero-order valence-electron chi connectivity index (χ0n) is 15.9. The van der Waals surface area contributed by atoms with Gasteiger partial charge in [0.05, 0.1) is 4.90 Å². The van der Waals surface area contributed by atoms with E-state index >= 15 is 0 Å². The first-order valence-corrected chi connectivity index (χ1v) is 11.1. The molecule has 7 nitrogen and oxygen atoms in total. The van der Waals surface area contributed by atoms with E-state index < -0.39 is 16.1 Å². The number of hydrogen-bond acceptors (Lipinski definition) is 5. The van der Waals surface area contributed by atoms with Gasteiger partial charge in [-0.05, 0) is 44.9 Å². The van der Waals surface area contributed by atoms with Crippen molar-refractivity contribution in [3.8, 4) is 0 Å². The molecule has 1 saturated heterocycles. The van der Waals surface area contributed by atoms with Crippen LogP contribution in [0, 0.1) is 0 Å². The van der Waals surface area contributed by atoms with Crippen LogP contribution >= 0.6 is 0 Å². The Morgan fingerprint density at radius 1 is 1.37 bits per heavy atom. The average Bonchev–Trinajstić information content (AvgIpc) is 2.91. The molecule has 0 radical (unpaired) electrons. The van der Waals surface area contributed by atoms with E-state index in [0.717, 1.165) is 32.2 Å². The molecule has 2 aliphatic heterocycles. The molecule has 0 saturated carbocycles. The van der Waals surface area contributed by atoms with Crippen molar-refractivity contribution in [1.82, 2.24) is 15.4 Å². The van der Waals surface area contributed by atoms with Gasteiger partial charge < -0.3 is 10.6 Å². The van der Waals surface area contributed by atoms with Gasteiger partial charge in [-0.15, -0.1) is 0 Å². The second-order valence-corrected chi connectivity index (χ2v) is 8.89. The van der Waals surface area contributed by atoms with Gasteiger partial charge in [0.15, 0.2) is 0 Å². The van der Waals surface area contributed by atoms with E-state index in [-0.39, 0.29) is 28.7 Å². The standard InChI is InChI=1S/C19H28N4O3S/c1-3-4-9-16(19(24)22-15-10-7-12-20-13(15)2)21-18-14-8-5-6-11-17(14)27(25,26)23-18/h5-6,8,11,13,15-16,20H,3-4,7,9-10,12H2,1-2H3,(H,21,23)(H,22,24). The van der Waals surface area contributed by atoms with Crippen LogP contribution < -0.4 is 15.4 Å². The summed E-state index contributed by atoms with van der Waals surface area (Å²) in [6, 6.07) is 6.40. The lowest BCUT2D eigenvalue weighted by atomic mass is 9.99. The molecule has 8 heteroatoms. The van der Waals surface area contributed by atoms with Crippen molar-refractivity contribution in [3.05, 3.63) is 29.8 Å². The number of benzene rings is 1. The number of rotatable bonds is 6. The van der Waals surface area contributed by atoms with Gasteiger partial charge in [0, 0.05) is 17.6 Å². The van der Waals surface area contributed by atoms with E-state index in [1.165, 1.54) is 0 Å². The van der Waals surface area contributed by atoms with Crippen molar-refractivity contribution >= 4 is 21.8 Å². The van der Waals surface area contributed by atoms with Crippen molar-refractivity contribution in [1.29, 1.82) is 0 Å². The number of aliphatic imine (C=N–C) groups is 1. The lowest BCUT2D eigenvalue weighted by Crippen LogP contribution is -2.53. The number of fused-ring (bicyclic) bond motifs is 1. The van der Waals surface area contributed by atoms with Crippen molar-refractivity contribution in [2.24, 2.45) is 4.99 Å². The summed E-state index contributed by atoms with van der Waals surface area (Å²) < 4.78 is 27.1. The fourth-order valence-corrected chi connectivity index (χ4v) is 4.80. The van der Waals surface area contributed by atoms with Gasteiger partial charge in [0.1, 0.15) is 11.9 Å². The molecule has 2 aliphatic rings. The molecule has 3 atom stereocenters. The maximum absolute atomic E-state index is 12.9. The predicted molar refractivity (Wildman–Crippen MR) is 105 cm³/mol. The molecule has 1 amide bonds. The molecule has 3 rings (SSSR count). The molecule has 0 aliphatic carbocycles. The molecule has 148 valence electrons. The number of nitrogens with one attached hydrogen (secondary N) is 3. The van der Waals surface area contributed by atoms with Gasteiger partial charge in [-0.25, -0.2) is 8.42 Å². The molecular weight excluding hydrogens is 364 g/mol. The highest BCUT2D eigenvalue weighted by molar-refractivity contribution is 7.90. The summed E-state index contributed by atoms with van der Waals surface area (Å²) in [5.41, 5.74) is 0.527. The average molecular weight is 393 g/mol. The fraction of sp³-hybridized carbons (Fsp3) is 0.579. The minimum absolute atomic E-state index is 0.0723. The third-order valence-electron chi connectivity index (χ3n) is 5.17. The Labute approximate surface area is 161 Å². The maximum atomic E-state index is 12.9. The van der Waals surface area contributed by atoms with Gasteiger partial charge >= 0.3 is 0 Å². The third kappa shape index (κ3) is 4.50. The Morgan fingerprint density at radius 2 is 2.15 bits per heavy atom. The van der Waals surface area contributed by atoms with Gasteiger partial charge in [0.25, 0.3) is 10.0 Å². The fourth-order valence-electron chi connectivity index (χ4n) is 3.56. The summed E-state index contributed by atoms with van der Waals surface area (Å²) in [4.78, 5) is 17.6. The second-order valence-electron chi connectivity index (χ2n) is 7.24. The van der Waals surface area contributed by atoms with Crippen LogP contribution in [0.15, 0.2) is 34.2 Å². The van der Waals surface area contributed by atoms with E-state index in [4.69, 9.17) is 0 Å². The number of carbonyl (C=O) groups is 1. The first-order chi connectivity index (χ1) is 12.9. The first-order valence-electron chi connectivity index (χ1n) is 9.66. The monoisotopic (exact) mass is 392 g/mol. The molecule has 2 heterocycles. The van der Waals surface area contributed by atoms with E-state index in [9.17, 15) is 13.2 Å². The Bertz CT molecular complexity index is 822. The highest BCUT2D eigenvalue weighted by Gasteiger charge is 2.32. The summed E-state index contributed by atoms with van der Waals surface area (Å²) >= 11 is 0. The molecule has 0 spiro atoms. The van der Waals surface area contributed by atoms with Crippen LogP contribution in [0.25, 0.3) is 0 Å². The molecule has 1 fully saturated rings. The van der Waals surface area contributed by atoms with E-state index in [0.29, 0.717) is 12.0 Å². The molecule has 0 bridgehead atoms. The van der Waals surface area contributed by atoms with Crippen LogP contribution in [0.1, 0.15) is 51.5 Å². The lowest BCUT2D eigenvalue weighted by Gasteiger charge is -2.31. The van der Waals surface area contributed by atoms with Crippen molar-refractivity contribution in [2.75, 3.05) is 6.54 Å². The second kappa shape index (κ2) is 8.39. The van der Waals surface area contributed by atoms with Crippen molar-refractivity contribution < 1.29 is 13.2 Å². The van der Waals surface area contributed by atoms with Gasteiger partial charge in [-0.2, -0.15) is 0 Å². The van der Waals surface area contributed by atoms with Gasteiger partial charge in [-0.1, -0.05) is 31.9 Å². The number of hydrogen-bond donors (Lipinski definition) is 3. The highest BCUT2D eigenvalue weighted by atomic mass is 32.2. The number of unbranched alkanes of at least 4 members (excludes halogenated alkanes) is 1. The van der Waals surface area contributed by atoms with Crippen molar-refractivity contribution in [3.63, 3.8) is 0 Å². The summed E-state index contributed by atoms with van der Waals surface area (Å²) in [5.74, 6) is 0.122. The number of amidine groups is 1. The Balaban J connectivity index is 1.83. The molecule has 3 unspecified atom stereocenters. The molecule has 1 aromatic carbocycles. The normalized spacial score (nSPS) is 26.2. The smallest absolute Gasteiger partial charge is 0.263 e. The number of piperidine rings is 1. The number of amides is 1. The molecule has 3 N–H and O–H groups in total. The Kier molecular flexibility index (Phi) is 6.16. The Hall–Kier alpha value is -1.93. The summed E-state index contributed by atoms with van der Waals surface area (Å²) in [6.45, 7) is 5.09. The maximum Gasteiger partial charge on any atom is 0.263 e. The van der Waals surface area contributed by atoms with Crippen LogP contribution in [-0.4, -0.2) is 44.8 Å². The predicted octanol–water partition coefficient (Wildman–Crippen LogP) is 1.54. The van der Waals surface area contributed by atoms with Crippen LogP contribution in [0.2, 0.25) is 0 Å². The van der Waals surface area contributed by atoms with Crippen LogP contribution in [0.5, 0.6) is 0 Å². The molecular formula is C19H28N4O3S. The van der Waals surface area contributed by atoms with E-state index in [1.54, 1.807) is 24.3 Å². The molecule has 27 heavy (non-hydrogen) atoms. The summed E-state index contributed by atoms with van der Waals surface area (Å²) in [6.07, 6.45) is 4.34. The number of nitrogens with zero attached hydrogens (tertiary/aromatic N) is 1. The zero-order valence-corrected chi connectivity index (χ0v) is 16.7. The third-order valence-corrected chi connectivity index (χ3v) is 6.57. The van der Waals surface area contributed by atoms with Gasteiger partial charge in [0.2, 0.25) is 5.91 Å². The topological polar surface area (TPSA) is 99.7 Å². The van der Waals surface area contributed by atoms with E-state index in [2.05, 4.69) is 34.2 Å². The van der Waals surface area contributed by atoms with Crippen LogP contribution in [0.4, 0.5) is 0 Å². The first kappa shape index (κ1) is 19.8. The lowest BCUT2D eigenvalue weighted by molar-refractivity contribution is -0.123. The SMILES string of the molecule is CCCCC(N=C1NS(=O)(=O)c2ccccc21)C(=O)NC1CCCNC1C. The zero-order chi connectivity index (χ0) is 19.4. The van der Waals surface area contributed by atoms with Gasteiger partial charge in [-0.3, -0.25) is 14.5 Å². The minimum Gasteiger partial charge on any atom is -0.350 e. The highest BCUT2D eigenvalue weighted by Crippen LogP contribution is 2.23. The van der Waals surface area contributed by atoms with E-state index in [1.807, 2.05) is 0 Å².